The summed E-state index contributed by atoms with van der Waals surface area (Å²) in [6, 6.07) is 0. The van der Waals surface area contributed by atoms with E-state index in [-0.39, 0.29) is 12.4 Å². The van der Waals surface area contributed by atoms with Crippen LogP contribution >= 0.6 is 12.4 Å². The zero-order valence-corrected chi connectivity index (χ0v) is 11.4. The van der Waals surface area contributed by atoms with Crippen LogP contribution in [-0.4, -0.2) is 42.2 Å². The molecule has 2 N–H and O–H groups in total. The van der Waals surface area contributed by atoms with Crippen molar-refractivity contribution in [3.8, 4) is 12.3 Å². The van der Waals surface area contributed by atoms with Crippen LogP contribution in [0.15, 0.2) is 0 Å². The lowest BCUT2D eigenvalue weighted by atomic mass is 10.6. The third-order valence-corrected chi connectivity index (χ3v) is 1.86. The summed E-state index contributed by atoms with van der Waals surface area (Å²) in [5, 5.41) is 7.33. The monoisotopic (exact) mass is 272 g/mol. The highest BCUT2D eigenvalue weighted by Gasteiger charge is 2.09. The lowest BCUT2D eigenvalue weighted by Crippen LogP contribution is -2.20. The minimum absolute atomic E-state index is 0. The van der Waals surface area contributed by atoms with E-state index in [1.807, 2.05) is 6.92 Å². The fraction of sp³-hybridized carbons (Fsp3) is 0.500. The number of terminal acetylenes is 1. The first-order chi connectivity index (χ1) is 8.21. The maximum Gasteiger partial charge on any atom is 0.256 e. The number of nitrogens with one attached hydrogen (secondary N) is 2. The molecule has 0 unspecified atom stereocenters. The van der Waals surface area contributed by atoms with Crippen molar-refractivity contribution < 1.29 is 4.84 Å². The Bertz CT molecular complexity index is 408. The third-order valence-electron chi connectivity index (χ3n) is 1.86. The van der Waals surface area contributed by atoms with Crippen LogP contribution in [0.1, 0.15) is 6.92 Å². The first-order valence-corrected chi connectivity index (χ1v) is 5.16. The van der Waals surface area contributed by atoms with Gasteiger partial charge in [0.05, 0.1) is 13.7 Å². The number of nitrogens with zero attached hydrogens (tertiary/aromatic N) is 4. The second-order valence-electron chi connectivity index (χ2n) is 3.05. The molecule has 0 aliphatic rings. The van der Waals surface area contributed by atoms with Gasteiger partial charge in [0.15, 0.2) is 0 Å². The van der Waals surface area contributed by atoms with E-state index in [2.05, 4.69) is 31.5 Å². The van der Waals surface area contributed by atoms with Gasteiger partial charge in [0.2, 0.25) is 11.9 Å². The zero-order valence-electron chi connectivity index (χ0n) is 10.6. The van der Waals surface area contributed by atoms with Gasteiger partial charge in [-0.25, -0.2) is 5.06 Å². The minimum atomic E-state index is 0. The summed E-state index contributed by atoms with van der Waals surface area (Å²) in [6.07, 6.45) is 5.16. The largest absolute Gasteiger partial charge is 0.354 e. The Morgan fingerprint density at radius 3 is 2.39 bits per heavy atom. The molecule has 0 fully saturated rings. The van der Waals surface area contributed by atoms with Crippen molar-refractivity contribution in [1.29, 1.82) is 0 Å². The molecule has 0 spiro atoms. The van der Waals surface area contributed by atoms with Crippen molar-refractivity contribution in [1.82, 2.24) is 15.0 Å². The van der Waals surface area contributed by atoms with Gasteiger partial charge in [-0.3, -0.25) is 4.84 Å². The number of halogens is 1. The van der Waals surface area contributed by atoms with Crippen LogP contribution in [0.4, 0.5) is 17.8 Å². The average molecular weight is 273 g/mol. The van der Waals surface area contributed by atoms with Crippen LogP contribution in [0.25, 0.3) is 0 Å². The molecule has 1 rings (SSSR count). The molecule has 1 heterocycles. The summed E-state index contributed by atoms with van der Waals surface area (Å²) in [6.45, 7) is 3.03. The molecule has 0 atom stereocenters. The molecular formula is C10H17ClN6O. The SMILES string of the molecule is C#CCNc1nc(NCC)nc(N(C)OC)n1.Cl. The number of hydrogen-bond donors (Lipinski definition) is 2. The summed E-state index contributed by atoms with van der Waals surface area (Å²) in [4.78, 5) is 17.5. The highest BCUT2D eigenvalue weighted by Crippen LogP contribution is 2.11. The molecule has 1 aromatic heterocycles. The van der Waals surface area contributed by atoms with Gasteiger partial charge in [-0.05, 0) is 6.92 Å². The number of hydroxylamine groups is 1. The number of aromatic nitrogens is 3. The van der Waals surface area contributed by atoms with Crippen LogP contribution in [0.3, 0.4) is 0 Å². The van der Waals surface area contributed by atoms with E-state index in [4.69, 9.17) is 11.3 Å². The molecule has 0 radical (unpaired) electrons. The Hall–Kier alpha value is -1.78. The quantitative estimate of drug-likeness (QED) is 0.585. The Morgan fingerprint density at radius 2 is 1.89 bits per heavy atom. The molecular weight excluding hydrogens is 256 g/mol. The Labute approximate surface area is 113 Å². The normalized spacial score (nSPS) is 9.00. The van der Waals surface area contributed by atoms with Gasteiger partial charge in [0.25, 0.3) is 5.95 Å². The average Bonchev–Trinajstić information content (AvgIpc) is 2.35. The van der Waals surface area contributed by atoms with E-state index in [1.165, 1.54) is 12.2 Å². The Balaban J connectivity index is 0.00000289. The fourth-order valence-electron chi connectivity index (χ4n) is 1.03. The summed E-state index contributed by atoms with van der Waals surface area (Å²) >= 11 is 0. The molecule has 0 amide bonds. The van der Waals surface area contributed by atoms with Gasteiger partial charge >= 0.3 is 0 Å². The van der Waals surface area contributed by atoms with Crippen LogP contribution in [-0.2, 0) is 4.84 Å². The molecule has 0 saturated carbocycles. The molecule has 0 saturated heterocycles. The molecule has 18 heavy (non-hydrogen) atoms. The molecule has 100 valence electrons. The smallest absolute Gasteiger partial charge is 0.256 e. The molecule has 0 aliphatic carbocycles. The first kappa shape index (κ1) is 16.2. The van der Waals surface area contributed by atoms with E-state index in [1.54, 1.807) is 7.05 Å². The summed E-state index contributed by atoms with van der Waals surface area (Å²) in [5.41, 5.74) is 0. The van der Waals surface area contributed by atoms with Gasteiger partial charge in [0, 0.05) is 13.6 Å². The third kappa shape index (κ3) is 4.61. The maximum atomic E-state index is 5.16. The van der Waals surface area contributed by atoms with E-state index in [0.29, 0.717) is 30.9 Å². The second-order valence-corrected chi connectivity index (χ2v) is 3.05. The predicted molar refractivity (Wildman–Crippen MR) is 74.0 cm³/mol. The van der Waals surface area contributed by atoms with Gasteiger partial charge in [-0.1, -0.05) is 5.92 Å². The lowest BCUT2D eigenvalue weighted by molar-refractivity contribution is 0.180. The predicted octanol–water partition coefficient (Wildman–Crippen LogP) is 0.768. The fourth-order valence-corrected chi connectivity index (χ4v) is 1.03. The van der Waals surface area contributed by atoms with Crippen molar-refractivity contribution in [2.24, 2.45) is 0 Å². The number of hydrogen-bond acceptors (Lipinski definition) is 7. The molecule has 0 aliphatic heterocycles. The van der Waals surface area contributed by atoms with Gasteiger partial charge in [-0.15, -0.1) is 18.8 Å². The van der Waals surface area contributed by atoms with E-state index in [0.717, 1.165) is 0 Å². The van der Waals surface area contributed by atoms with E-state index >= 15 is 0 Å². The van der Waals surface area contributed by atoms with Crippen LogP contribution in [0, 0.1) is 12.3 Å². The zero-order chi connectivity index (χ0) is 12.7. The maximum absolute atomic E-state index is 5.16. The topological polar surface area (TPSA) is 75.2 Å². The van der Waals surface area contributed by atoms with Crippen molar-refractivity contribution in [3.63, 3.8) is 0 Å². The Morgan fingerprint density at radius 1 is 1.28 bits per heavy atom. The molecule has 0 aromatic carbocycles. The summed E-state index contributed by atoms with van der Waals surface area (Å²) < 4.78 is 0. The van der Waals surface area contributed by atoms with Crippen molar-refractivity contribution >= 4 is 30.3 Å². The van der Waals surface area contributed by atoms with Crippen molar-refractivity contribution in [3.05, 3.63) is 0 Å². The standard InChI is InChI=1S/C10H16N6O.ClH/c1-5-7-12-9-13-8(11-6-2)14-10(15-9)16(3)17-4;/h1H,6-7H2,2-4H3,(H2,11,12,13,14,15);1H. The van der Waals surface area contributed by atoms with Crippen LogP contribution < -0.4 is 15.7 Å². The summed E-state index contributed by atoms with van der Waals surface area (Å²) in [7, 11) is 3.24. The van der Waals surface area contributed by atoms with E-state index < -0.39 is 0 Å². The Kier molecular flexibility index (Phi) is 7.51. The highest BCUT2D eigenvalue weighted by atomic mass is 35.5. The number of anilines is 3. The van der Waals surface area contributed by atoms with Crippen molar-refractivity contribution in [2.75, 3.05) is 42.9 Å². The molecule has 0 bridgehead atoms. The van der Waals surface area contributed by atoms with Crippen molar-refractivity contribution in [2.45, 2.75) is 6.92 Å². The molecule has 1 aromatic rings. The lowest BCUT2D eigenvalue weighted by Gasteiger charge is -2.15. The van der Waals surface area contributed by atoms with Gasteiger partial charge in [0.1, 0.15) is 0 Å². The van der Waals surface area contributed by atoms with Gasteiger partial charge < -0.3 is 10.6 Å². The van der Waals surface area contributed by atoms with Crippen LogP contribution in [0.2, 0.25) is 0 Å². The van der Waals surface area contributed by atoms with E-state index in [9.17, 15) is 0 Å². The summed E-state index contributed by atoms with van der Waals surface area (Å²) in [5.74, 6) is 3.74. The highest BCUT2D eigenvalue weighted by molar-refractivity contribution is 5.85. The molecule has 7 nitrogen and oxygen atoms in total. The van der Waals surface area contributed by atoms with Crippen LogP contribution in [0.5, 0.6) is 0 Å². The van der Waals surface area contributed by atoms with Gasteiger partial charge in [-0.2, -0.15) is 15.0 Å². The minimum Gasteiger partial charge on any atom is -0.354 e. The molecule has 8 heteroatoms. The second kappa shape index (κ2) is 8.33. The number of rotatable bonds is 6. The first-order valence-electron chi connectivity index (χ1n) is 5.16.